The second-order valence-corrected chi connectivity index (χ2v) is 6.82. The summed E-state index contributed by atoms with van der Waals surface area (Å²) in [6.07, 6.45) is 8.37. The Kier molecular flexibility index (Phi) is 3.44. The van der Waals surface area contributed by atoms with Crippen LogP contribution in [0.25, 0.3) is 22.2 Å². The Labute approximate surface area is 139 Å². The summed E-state index contributed by atoms with van der Waals surface area (Å²) in [5.41, 5.74) is 8.26. The van der Waals surface area contributed by atoms with E-state index in [9.17, 15) is 4.79 Å². The normalized spacial score (nSPS) is 21.4. The van der Waals surface area contributed by atoms with Gasteiger partial charge in [-0.15, -0.1) is 0 Å². The Morgan fingerprint density at radius 1 is 1.33 bits per heavy atom. The molecule has 126 valence electrons. The molecule has 0 spiro atoms. The largest absolute Gasteiger partial charge is 0.382 e. The number of hydrogen-bond acceptors (Lipinski definition) is 4. The highest BCUT2D eigenvalue weighted by atomic mass is 16.1. The molecular formula is C17H22N6O. The molecule has 0 aromatic carbocycles. The van der Waals surface area contributed by atoms with Gasteiger partial charge in [-0.1, -0.05) is 19.8 Å². The number of aromatic amines is 1. The number of nitrogen functional groups attached to an aromatic ring is 1. The summed E-state index contributed by atoms with van der Waals surface area (Å²) in [7, 11) is 1.88. The van der Waals surface area contributed by atoms with Crippen molar-refractivity contribution in [1.29, 1.82) is 0 Å². The van der Waals surface area contributed by atoms with Crippen LogP contribution in [0.3, 0.4) is 0 Å². The minimum Gasteiger partial charge on any atom is -0.382 e. The van der Waals surface area contributed by atoms with Crippen LogP contribution in [0.4, 0.5) is 5.82 Å². The number of anilines is 1. The van der Waals surface area contributed by atoms with Gasteiger partial charge >= 0.3 is 0 Å². The van der Waals surface area contributed by atoms with Crippen LogP contribution < -0.4 is 11.3 Å². The van der Waals surface area contributed by atoms with Crippen molar-refractivity contribution < 1.29 is 0 Å². The van der Waals surface area contributed by atoms with E-state index in [1.54, 1.807) is 4.68 Å². The van der Waals surface area contributed by atoms with Crippen LogP contribution in [0.2, 0.25) is 0 Å². The van der Waals surface area contributed by atoms with Crippen LogP contribution in [-0.2, 0) is 7.05 Å². The standard InChI is InChI=1S/C17H22N6O/c1-10-5-3-4-6-13(10)23-9-11(12-7-8-22(2)21-12)15-14(17(23)24)16(18)20-19-15/h7-10,13H,3-6H2,1-2H3,(H3,18,19,20). The van der Waals surface area contributed by atoms with Gasteiger partial charge in [-0.3, -0.25) is 14.6 Å². The molecule has 1 aliphatic rings. The van der Waals surface area contributed by atoms with E-state index in [-0.39, 0.29) is 17.4 Å². The van der Waals surface area contributed by atoms with Crippen molar-refractivity contribution in [2.45, 2.75) is 38.6 Å². The van der Waals surface area contributed by atoms with Gasteiger partial charge in [0, 0.05) is 31.0 Å². The number of nitrogens with zero attached hydrogens (tertiary/aromatic N) is 4. The van der Waals surface area contributed by atoms with E-state index in [0.717, 1.165) is 30.5 Å². The molecule has 2 unspecified atom stereocenters. The summed E-state index contributed by atoms with van der Waals surface area (Å²) in [4.78, 5) is 13.0. The monoisotopic (exact) mass is 326 g/mol. The van der Waals surface area contributed by atoms with Gasteiger partial charge in [-0.25, -0.2) is 0 Å². The first kappa shape index (κ1) is 15.0. The molecule has 24 heavy (non-hydrogen) atoms. The van der Waals surface area contributed by atoms with Crippen LogP contribution in [0, 0.1) is 5.92 Å². The van der Waals surface area contributed by atoms with Crippen LogP contribution in [-0.4, -0.2) is 24.5 Å². The highest BCUT2D eigenvalue weighted by Crippen LogP contribution is 2.35. The van der Waals surface area contributed by atoms with E-state index in [0.29, 0.717) is 16.8 Å². The zero-order valence-corrected chi connectivity index (χ0v) is 14.0. The molecule has 0 saturated heterocycles. The minimum absolute atomic E-state index is 0.0605. The molecule has 3 N–H and O–H groups in total. The molecule has 7 nitrogen and oxygen atoms in total. The quantitative estimate of drug-likeness (QED) is 0.756. The van der Waals surface area contributed by atoms with Gasteiger partial charge in [-0.2, -0.15) is 10.2 Å². The fourth-order valence-electron chi connectivity index (χ4n) is 3.87. The predicted molar refractivity (Wildman–Crippen MR) is 93.6 cm³/mol. The first-order valence-electron chi connectivity index (χ1n) is 8.45. The van der Waals surface area contributed by atoms with E-state index >= 15 is 0 Å². The third-order valence-electron chi connectivity index (χ3n) is 5.19. The zero-order chi connectivity index (χ0) is 16.8. The number of nitrogens with one attached hydrogen (secondary N) is 1. The van der Waals surface area contributed by atoms with Crippen LogP contribution in [0.15, 0.2) is 23.3 Å². The molecular weight excluding hydrogens is 304 g/mol. The molecule has 3 heterocycles. The summed E-state index contributed by atoms with van der Waals surface area (Å²) in [6, 6.07) is 2.14. The lowest BCUT2D eigenvalue weighted by Gasteiger charge is -2.30. The Balaban J connectivity index is 1.99. The Bertz CT molecular complexity index is 950. The molecule has 7 heteroatoms. The van der Waals surface area contributed by atoms with E-state index in [1.807, 2.05) is 30.1 Å². The maximum atomic E-state index is 13.0. The van der Waals surface area contributed by atoms with Gasteiger partial charge in [-0.05, 0) is 24.8 Å². The molecule has 0 amide bonds. The number of fused-ring (bicyclic) bond motifs is 1. The molecule has 2 atom stereocenters. The third kappa shape index (κ3) is 2.23. The number of rotatable bonds is 2. The maximum absolute atomic E-state index is 13.0. The number of hydrogen-bond donors (Lipinski definition) is 2. The van der Waals surface area contributed by atoms with Crippen molar-refractivity contribution in [2.75, 3.05) is 5.73 Å². The lowest BCUT2D eigenvalue weighted by molar-refractivity contribution is 0.253. The molecule has 1 saturated carbocycles. The van der Waals surface area contributed by atoms with Crippen LogP contribution >= 0.6 is 0 Å². The smallest absolute Gasteiger partial charge is 0.264 e. The van der Waals surface area contributed by atoms with Gasteiger partial charge < -0.3 is 10.3 Å². The van der Waals surface area contributed by atoms with Crippen molar-refractivity contribution in [3.8, 4) is 11.3 Å². The molecule has 1 fully saturated rings. The van der Waals surface area contributed by atoms with E-state index in [2.05, 4.69) is 22.2 Å². The van der Waals surface area contributed by atoms with Crippen molar-refractivity contribution in [1.82, 2.24) is 24.5 Å². The van der Waals surface area contributed by atoms with Crippen LogP contribution in [0.5, 0.6) is 0 Å². The summed E-state index contributed by atoms with van der Waals surface area (Å²) < 4.78 is 3.61. The Hall–Kier alpha value is -2.57. The number of H-pyrrole nitrogens is 1. The summed E-state index contributed by atoms with van der Waals surface area (Å²) in [5, 5.41) is 11.9. The summed E-state index contributed by atoms with van der Waals surface area (Å²) >= 11 is 0. The van der Waals surface area contributed by atoms with Gasteiger partial charge in [0.15, 0.2) is 5.82 Å². The first-order valence-corrected chi connectivity index (χ1v) is 8.45. The SMILES string of the molecule is CC1CCCCC1n1cc(-c2ccn(C)n2)c2[nH]nc(N)c2c1=O. The van der Waals surface area contributed by atoms with E-state index in [4.69, 9.17) is 5.73 Å². The predicted octanol–water partition coefficient (Wildman–Crippen LogP) is 2.46. The second-order valence-electron chi connectivity index (χ2n) is 6.82. The van der Waals surface area contributed by atoms with Crippen molar-refractivity contribution in [3.05, 3.63) is 28.8 Å². The van der Waals surface area contributed by atoms with Crippen molar-refractivity contribution in [3.63, 3.8) is 0 Å². The number of nitrogens with two attached hydrogens (primary N) is 1. The lowest BCUT2D eigenvalue weighted by Crippen LogP contribution is -2.30. The van der Waals surface area contributed by atoms with Crippen molar-refractivity contribution >= 4 is 16.7 Å². The van der Waals surface area contributed by atoms with Gasteiger partial charge in [0.05, 0.1) is 11.2 Å². The molecule has 0 aliphatic heterocycles. The van der Waals surface area contributed by atoms with Crippen molar-refractivity contribution in [2.24, 2.45) is 13.0 Å². The second kappa shape index (κ2) is 5.51. The van der Waals surface area contributed by atoms with E-state index < -0.39 is 0 Å². The average molecular weight is 326 g/mol. The number of pyridine rings is 1. The summed E-state index contributed by atoms with van der Waals surface area (Å²) in [5.74, 6) is 0.726. The topological polar surface area (TPSA) is 94.5 Å². The van der Waals surface area contributed by atoms with Gasteiger partial charge in [0.1, 0.15) is 5.39 Å². The molecule has 0 radical (unpaired) electrons. The molecule has 1 aliphatic carbocycles. The molecule has 0 bridgehead atoms. The fourth-order valence-corrected chi connectivity index (χ4v) is 3.87. The molecule has 3 aromatic heterocycles. The summed E-state index contributed by atoms with van der Waals surface area (Å²) in [6.45, 7) is 2.22. The highest BCUT2D eigenvalue weighted by Gasteiger charge is 2.26. The van der Waals surface area contributed by atoms with Gasteiger partial charge in [0.25, 0.3) is 5.56 Å². The highest BCUT2D eigenvalue weighted by molar-refractivity contribution is 5.97. The lowest BCUT2D eigenvalue weighted by atomic mass is 9.85. The Morgan fingerprint density at radius 2 is 2.12 bits per heavy atom. The maximum Gasteiger partial charge on any atom is 0.264 e. The molecule has 4 rings (SSSR count). The van der Waals surface area contributed by atoms with Crippen LogP contribution in [0.1, 0.15) is 38.6 Å². The fraction of sp³-hybridized carbons (Fsp3) is 0.471. The average Bonchev–Trinajstić information content (AvgIpc) is 3.16. The third-order valence-corrected chi connectivity index (χ3v) is 5.19. The minimum atomic E-state index is -0.0605. The number of aromatic nitrogens is 5. The zero-order valence-electron chi connectivity index (χ0n) is 14.0. The Morgan fingerprint density at radius 3 is 2.83 bits per heavy atom. The number of aryl methyl sites for hydroxylation is 1. The molecule has 3 aromatic rings. The van der Waals surface area contributed by atoms with E-state index in [1.165, 1.54) is 6.42 Å². The first-order chi connectivity index (χ1) is 11.6. The van der Waals surface area contributed by atoms with Gasteiger partial charge in [0.2, 0.25) is 0 Å².